The number of anilines is 1. The second-order valence-corrected chi connectivity index (χ2v) is 5.79. The molecule has 0 bridgehead atoms. The quantitative estimate of drug-likeness (QED) is 0.661. The zero-order valence-corrected chi connectivity index (χ0v) is 11.5. The molecule has 0 unspecified atom stereocenters. The molecule has 0 aliphatic heterocycles. The standard InChI is InChI=1S/C12H8F2N2O5S/c13-8-2-1-3-9(14)12(8)15-22(20,21)7-4-5-11(17)10(6-7)16(18)19/h1-6,15,17H. The molecule has 0 aliphatic carbocycles. The average molecular weight is 330 g/mol. The van der Waals surface area contributed by atoms with Crippen LogP contribution in [0.5, 0.6) is 5.75 Å². The van der Waals surface area contributed by atoms with Gasteiger partial charge in [0.15, 0.2) is 5.75 Å². The zero-order chi connectivity index (χ0) is 16.5. The van der Waals surface area contributed by atoms with Crippen LogP contribution >= 0.6 is 0 Å². The van der Waals surface area contributed by atoms with E-state index in [0.29, 0.717) is 6.07 Å². The van der Waals surface area contributed by atoms with E-state index in [-0.39, 0.29) is 0 Å². The van der Waals surface area contributed by atoms with Crippen LogP contribution in [0.15, 0.2) is 41.3 Å². The van der Waals surface area contributed by atoms with Gasteiger partial charge >= 0.3 is 5.69 Å². The summed E-state index contributed by atoms with van der Waals surface area (Å²) in [6, 6.07) is 4.98. The van der Waals surface area contributed by atoms with Gasteiger partial charge < -0.3 is 5.11 Å². The maximum absolute atomic E-state index is 13.5. The van der Waals surface area contributed by atoms with Crippen LogP contribution < -0.4 is 4.72 Å². The first-order valence-electron chi connectivity index (χ1n) is 5.66. The first-order valence-corrected chi connectivity index (χ1v) is 7.15. The van der Waals surface area contributed by atoms with Gasteiger partial charge in [-0.05, 0) is 24.3 Å². The highest BCUT2D eigenvalue weighted by Gasteiger charge is 2.23. The van der Waals surface area contributed by atoms with Crippen LogP contribution in [0.25, 0.3) is 0 Å². The van der Waals surface area contributed by atoms with E-state index < -0.39 is 48.6 Å². The number of para-hydroxylation sites is 1. The largest absolute Gasteiger partial charge is 0.502 e. The van der Waals surface area contributed by atoms with Crippen molar-refractivity contribution in [2.75, 3.05) is 4.72 Å². The summed E-state index contributed by atoms with van der Waals surface area (Å²) in [7, 11) is -4.48. The third-order valence-electron chi connectivity index (χ3n) is 2.65. The van der Waals surface area contributed by atoms with Crippen molar-refractivity contribution in [3.63, 3.8) is 0 Å². The number of phenolic OH excluding ortho intramolecular Hbond substituents is 1. The summed E-state index contributed by atoms with van der Waals surface area (Å²) in [4.78, 5) is 9.06. The number of sulfonamides is 1. The zero-order valence-electron chi connectivity index (χ0n) is 10.7. The lowest BCUT2D eigenvalue weighted by Crippen LogP contribution is -2.15. The lowest BCUT2D eigenvalue weighted by atomic mass is 10.3. The molecule has 2 aromatic carbocycles. The molecule has 0 spiro atoms. The molecule has 0 radical (unpaired) electrons. The van der Waals surface area contributed by atoms with Gasteiger partial charge in [0.05, 0.1) is 9.82 Å². The lowest BCUT2D eigenvalue weighted by Gasteiger charge is -2.10. The topological polar surface area (TPSA) is 110 Å². The van der Waals surface area contributed by atoms with Gasteiger partial charge in [-0.1, -0.05) is 6.07 Å². The predicted molar refractivity (Wildman–Crippen MR) is 71.9 cm³/mol. The van der Waals surface area contributed by atoms with Gasteiger partial charge in [0.2, 0.25) is 0 Å². The molecule has 0 atom stereocenters. The monoisotopic (exact) mass is 330 g/mol. The van der Waals surface area contributed by atoms with Crippen molar-refractivity contribution in [3.05, 3.63) is 58.1 Å². The number of hydrogen-bond donors (Lipinski definition) is 2. The first-order chi connectivity index (χ1) is 10.2. The van der Waals surface area contributed by atoms with E-state index in [1.807, 2.05) is 0 Å². The van der Waals surface area contributed by atoms with Gasteiger partial charge in [-0.15, -0.1) is 0 Å². The molecular weight excluding hydrogens is 322 g/mol. The molecular formula is C12H8F2N2O5S. The van der Waals surface area contributed by atoms with Gasteiger partial charge in [-0.25, -0.2) is 17.2 Å². The van der Waals surface area contributed by atoms with Gasteiger partial charge in [0, 0.05) is 6.07 Å². The summed E-state index contributed by atoms with van der Waals surface area (Å²) in [6.07, 6.45) is 0. The van der Waals surface area contributed by atoms with Crippen molar-refractivity contribution in [2.24, 2.45) is 0 Å². The molecule has 10 heteroatoms. The van der Waals surface area contributed by atoms with E-state index in [9.17, 15) is 32.4 Å². The summed E-state index contributed by atoms with van der Waals surface area (Å²) in [6.45, 7) is 0. The SMILES string of the molecule is O=[N+]([O-])c1cc(S(=O)(=O)Nc2c(F)cccc2F)ccc1O. The maximum atomic E-state index is 13.5. The number of aromatic hydroxyl groups is 1. The third kappa shape index (κ3) is 2.96. The second kappa shape index (κ2) is 5.56. The van der Waals surface area contributed by atoms with Crippen molar-refractivity contribution >= 4 is 21.4 Å². The molecule has 0 amide bonds. The number of phenols is 1. The fourth-order valence-electron chi connectivity index (χ4n) is 1.61. The van der Waals surface area contributed by atoms with Crippen molar-refractivity contribution in [1.82, 2.24) is 0 Å². The highest BCUT2D eigenvalue weighted by atomic mass is 32.2. The molecule has 0 heterocycles. The van der Waals surface area contributed by atoms with Crippen molar-refractivity contribution in [1.29, 1.82) is 0 Å². The molecule has 0 aromatic heterocycles. The molecule has 0 saturated heterocycles. The minimum absolute atomic E-state index is 0.580. The second-order valence-electron chi connectivity index (χ2n) is 4.11. The fourth-order valence-corrected chi connectivity index (χ4v) is 2.70. The van der Waals surface area contributed by atoms with Crippen molar-refractivity contribution < 1.29 is 27.2 Å². The minimum Gasteiger partial charge on any atom is -0.502 e. The summed E-state index contributed by atoms with van der Waals surface area (Å²) in [5, 5.41) is 19.9. The van der Waals surface area contributed by atoms with E-state index in [2.05, 4.69) is 0 Å². The third-order valence-corrected chi connectivity index (χ3v) is 4.00. The number of hydrogen-bond acceptors (Lipinski definition) is 5. The molecule has 2 aromatic rings. The predicted octanol–water partition coefficient (Wildman–Crippen LogP) is 2.38. The Kier molecular flexibility index (Phi) is 3.95. The summed E-state index contributed by atoms with van der Waals surface area (Å²) in [5.41, 5.74) is -1.75. The molecule has 2 N–H and O–H groups in total. The number of nitro benzene ring substituents is 1. The van der Waals surface area contributed by atoms with Crippen LogP contribution in [0.2, 0.25) is 0 Å². The average Bonchev–Trinajstić information content (AvgIpc) is 2.43. The van der Waals surface area contributed by atoms with Gasteiger partial charge in [0.1, 0.15) is 17.3 Å². The van der Waals surface area contributed by atoms with Crippen molar-refractivity contribution in [3.8, 4) is 5.75 Å². The molecule has 22 heavy (non-hydrogen) atoms. The highest BCUT2D eigenvalue weighted by Crippen LogP contribution is 2.29. The minimum atomic E-state index is -4.48. The highest BCUT2D eigenvalue weighted by molar-refractivity contribution is 7.92. The van der Waals surface area contributed by atoms with E-state index in [1.54, 1.807) is 4.72 Å². The van der Waals surface area contributed by atoms with Crippen LogP contribution in [0.3, 0.4) is 0 Å². The van der Waals surface area contributed by atoms with Gasteiger partial charge in [0.25, 0.3) is 10.0 Å². The number of benzene rings is 2. The van der Waals surface area contributed by atoms with Crippen LogP contribution in [0.1, 0.15) is 0 Å². The van der Waals surface area contributed by atoms with E-state index >= 15 is 0 Å². The summed E-state index contributed by atoms with van der Waals surface area (Å²) in [5.74, 6) is -3.02. The molecule has 7 nitrogen and oxygen atoms in total. The molecule has 116 valence electrons. The smallest absolute Gasteiger partial charge is 0.312 e. The fraction of sp³-hybridized carbons (Fsp3) is 0. The van der Waals surface area contributed by atoms with Crippen LogP contribution in [0.4, 0.5) is 20.2 Å². The molecule has 2 rings (SSSR count). The maximum Gasteiger partial charge on any atom is 0.312 e. The van der Waals surface area contributed by atoms with Crippen LogP contribution in [-0.4, -0.2) is 18.4 Å². The molecule has 0 aliphatic rings. The first kappa shape index (κ1) is 15.6. The number of nitrogens with zero attached hydrogens (tertiary/aromatic N) is 1. The Morgan fingerprint density at radius 3 is 2.27 bits per heavy atom. The lowest BCUT2D eigenvalue weighted by molar-refractivity contribution is -0.386. The van der Waals surface area contributed by atoms with E-state index in [1.165, 1.54) is 0 Å². The normalized spacial score (nSPS) is 11.2. The Labute approximate surface area is 123 Å². The molecule has 0 fully saturated rings. The molecule has 0 saturated carbocycles. The summed E-state index contributed by atoms with van der Waals surface area (Å²) < 4.78 is 52.7. The van der Waals surface area contributed by atoms with Crippen LogP contribution in [0, 0.1) is 21.7 Å². The van der Waals surface area contributed by atoms with E-state index in [4.69, 9.17) is 0 Å². The number of nitro groups is 1. The number of halogens is 2. The Bertz CT molecular complexity index is 834. The summed E-state index contributed by atoms with van der Waals surface area (Å²) >= 11 is 0. The Hall–Kier alpha value is -2.75. The van der Waals surface area contributed by atoms with E-state index in [0.717, 1.165) is 30.3 Å². The Morgan fingerprint density at radius 1 is 1.14 bits per heavy atom. The Morgan fingerprint density at radius 2 is 1.73 bits per heavy atom. The number of nitrogens with one attached hydrogen (secondary N) is 1. The van der Waals surface area contributed by atoms with Crippen LogP contribution in [-0.2, 0) is 10.0 Å². The van der Waals surface area contributed by atoms with Gasteiger partial charge in [-0.3, -0.25) is 14.8 Å². The van der Waals surface area contributed by atoms with Crippen molar-refractivity contribution in [2.45, 2.75) is 4.90 Å². The van der Waals surface area contributed by atoms with Gasteiger partial charge in [-0.2, -0.15) is 0 Å². The number of rotatable bonds is 4. The Balaban J connectivity index is 2.48.